The number of likely N-dealkylation sites (tertiary alicyclic amines) is 1. The average Bonchev–Trinajstić information content (AvgIpc) is 3.05. The Morgan fingerprint density at radius 2 is 2.00 bits per heavy atom. The minimum absolute atomic E-state index is 0. The Labute approximate surface area is 181 Å². The fourth-order valence-corrected chi connectivity index (χ4v) is 3.55. The zero-order valence-electron chi connectivity index (χ0n) is 16.4. The molecule has 0 radical (unpaired) electrons. The van der Waals surface area contributed by atoms with Crippen LogP contribution in [0.15, 0.2) is 30.6 Å². The molecule has 6 nitrogen and oxygen atoms in total. The van der Waals surface area contributed by atoms with Crippen molar-refractivity contribution in [2.45, 2.75) is 31.5 Å². The third-order valence-corrected chi connectivity index (χ3v) is 4.90. The van der Waals surface area contributed by atoms with E-state index >= 15 is 0 Å². The third-order valence-electron chi connectivity index (χ3n) is 4.90. The maximum Gasteiger partial charge on any atom is 0.242 e. The monoisotopic (exact) mass is 449 g/mol. The van der Waals surface area contributed by atoms with Crippen molar-refractivity contribution in [2.75, 3.05) is 20.1 Å². The number of likely N-dealkylation sites (N-methyl/N-ethyl adjacent to an activating group) is 1. The number of hydrogen-bond acceptors (Lipinski definition) is 4. The maximum absolute atomic E-state index is 13.9. The van der Waals surface area contributed by atoms with E-state index in [9.17, 15) is 13.6 Å². The highest BCUT2D eigenvalue weighted by Gasteiger charge is 2.27. The van der Waals surface area contributed by atoms with Gasteiger partial charge in [-0.15, -0.1) is 24.8 Å². The van der Waals surface area contributed by atoms with E-state index in [-0.39, 0.29) is 48.9 Å². The van der Waals surface area contributed by atoms with Crippen LogP contribution in [-0.2, 0) is 18.4 Å². The van der Waals surface area contributed by atoms with E-state index in [2.05, 4.69) is 15.7 Å². The molecular weight excluding hydrogens is 423 g/mol. The number of hydrogen-bond donors (Lipinski definition) is 2. The van der Waals surface area contributed by atoms with Gasteiger partial charge in [0, 0.05) is 43.5 Å². The van der Waals surface area contributed by atoms with E-state index < -0.39 is 17.7 Å². The number of nitrogens with one attached hydrogen (secondary N) is 2. The lowest BCUT2D eigenvalue weighted by Crippen LogP contribution is -2.49. The lowest BCUT2D eigenvalue weighted by molar-refractivity contribution is -0.124. The zero-order chi connectivity index (χ0) is 19.4. The van der Waals surface area contributed by atoms with Crippen molar-refractivity contribution in [2.24, 2.45) is 7.05 Å². The second-order valence-corrected chi connectivity index (χ2v) is 6.95. The van der Waals surface area contributed by atoms with E-state index in [4.69, 9.17) is 0 Å². The highest BCUT2D eigenvalue weighted by Crippen LogP contribution is 2.19. The molecule has 2 atom stereocenters. The first kappa shape index (κ1) is 25.3. The van der Waals surface area contributed by atoms with Crippen LogP contribution in [-0.4, -0.2) is 46.8 Å². The van der Waals surface area contributed by atoms with E-state index in [1.807, 2.05) is 4.90 Å². The molecule has 1 fully saturated rings. The minimum Gasteiger partial charge on any atom is -0.350 e. The van der Waals surface area contributed by atoms with Crippen LogP contribution in [0.4, 0.5) is 8.78 Å². The predicted molar refractivity (Wildman–Crippen MR) is 112 cm³/mol. The Kier molecular flexibility index (Phi) is 9.98. The Morgan fingerprint density at radius 1 is 1.31 bits per heavy atom. The molecule has 1 aromatic heterocycles. The first-order valence-corrected chi connectivity index (χ1v) is 9.09. The molecule has 0 saturated carbocycles. The average molecular weight is 450 g/mol. The van der Waals surface area contributed by atoms with Gasteiger partial charge in [-0.25, -0.2) is 8.78 Å². The number of amides is 1. The molecular formula is C19H27Cl2F2N5O. The summed E-state index contributed by atoms with van der Waals surface area (Å²) in [6, 6.07) is 3.36. The van der Waals surface area contributed by atoms with Crippen LogP contribution in [0.5, 0.6) is 0 Å². The van der Waals surface area contributed by atoms with Crippen LogP contribution in [0.1, 0.15) is 30.0 Å². The lowest BCUT2D eigenvalue weighted by atomic mass is 10.0. The number of aromatic nitrogens is 2. The summed E-state index contributed by atoms with van der Waals surface area (Å²) in [7, 11) is 3.53. The first-order valence-electron chi connectivity index (χ1n) is 9.09. The standard InChI is InChI=1S/C19H25F2N5O.2ClH/c1-22-18(13-9-23-25(2)10-13)19(27)24-14-5-4-8-26(11-14)12-15-16(20)6-3-7-17(15)21;;/h3,6-7,9-10,14,18,22H,4-5,8,11-12H2,1-2H3,(H,24,27);2*1H. The van der Waals surface area contributed by atoms with Crippen molar-refractivity contribution in [3.8, 4) is 0 Å². The summed E-state index contributed by atoms with van der Waals surface area (Å²) in [6.07, 6.45) is 5.16. The van der Waals surface area contributed by atoms with Gasteiger partial charge < -0.3 is 10.6 Å². The molecule has 0 aliphatic carbocycles. The van der Waals surface area contributed by atoms with Crippen molar-refractivity contribution in [1.29, 1.82) is 0 Å². The molecule has 1 aromatic carbocycles. The molecule has 2 aromatic rings. The van der Waals surface area contributed by atoms with Crippen molar-refractivity contribution < 1.29 is 13.6 Å². The number of benzene rings is 1. The molecule has 3 rings (SSSR count). The molecule has 162 valence electrons. The largest absolute Gasteiger partial charge is 0.350 e. The highest BCUT2D eigenvalue weighted by atomic mass is 35.5. The molecule has 1 aliphatic heterocycles. The topological polar surface area (TPSA) is 62.2 Å². The quantitative estimate of drug-likeness (QED) is 0.711. The van der Waals surface area contributed by atoms with Gasteiger partial charge in [0.05, 0.1) is 6.20 Å². The third kappa shape index (κ3) is 6.37. The smallest absolute Gasteiger partial charge is 0.242 e. The van der Waals surface area contributed by atoms with Crippen LogP contribution < -0.4 is 10.6 Å². The molecule has 2 unspecified atom stereocenters. The van der Waals surface area contributed by atoms with Gasteiger partial charge in [0.25, 0.3) is 0 Å². The second-order valence-electron chi connectivity index (χ2n) is 6.95. The van der Waals surface area contributed by atoms with Gasteiger partial charge in [0.1, 0.15) is 17.7 Å². The van der Waals surface area contributed by atoms with Crippen molar-refractivity contribution in [3.63, 3.8) is 0 Å². The number of rotatable bonds is 6. The Bertz CT molecular complexity index is 784. The number of halogens is 4. The zero-order valence-corrected chi connectivity index (χ0v) is 18.0. The Morgan fingerprint density at radius 3 is 2.59 bits per heavy atom. The van der Waals surface area contributed by atoms with Crippen molar-refractivity contribution in [3.05, 3.63) is 53.4 Å². The summed E-state index contributed by atoms with van der Waals surface area (Å²) < 4.78 is 29.5. The summed E-state index contributed by atoms with van der Waals surface area (Å²) in [5.41, 5.74) is 0.867. The van der Waals surface area contributed by atoms with Gasteiger partial charge in [0.15, 0.2) is 0 Å². The molecule has 0 spiro atoms. The Hall–Kier alpha value is -1.74. The number of carbonyl (C=O) groups excluding carboxylic acids is 1. The predicted octanol–water partition coefficient (Wildman–Crippen LogP) is 2.58. The maximum atomic E-state index is 13.9. The van der Waals surface area contributed by atoms with E-state index in [0.29, 0.717) is 6.54 Å². The number of aryl methyl sites for hydroxylation is 1. The second kappa shape index (κ2) is 11.4. The van der Waals surface area contributed by atoms with E-state index in [1.165, 1.54) is 18.2 Å². The summed E-state index contributed by atoms with van der Waals surface area (Å²) in [5, 5.41) is 10.2. The van der Waals surface area contributed by atoms with E-state index in [1.54, 1.807) is 31.2 Å². The van der Waals surface area contributed by atoms with Crippen molar-refractivity contribution >= 4 is 30.7 Å². The van der Waals surface area contributed by atoms with Crippen LogP contribution in [0, 0.1) is 11.6 Å². The molecule has 1 amide bonds. The van der Waals surface area contributed by atoms with Gasteiger partial charge in [0.2, 0.25) is 5.91 Å². The van der Waals surface area contributed by atoms with Crippen LogP contribution in [0.25, 0.3) is 0 Å². The lowest BCUT2D eigenvalue weighted by Gasteiger charge is -2.34. The van der Waals surface area contributed by atoms with Crippen LogP contribution in [0.3, 0.4) is 0 Å². The fraction of sp³-hybridized carbons (Fsp3) is 0.474. The van der Waals surface area contributed by atoms with Crippen molar-refractivity contribution in [1.82, 2.24) is 25.3 Å². The minimum atomic E-state index is -0.534. The molecule has 29 heavy (non-hydrogen) atoms. The number of piperidine rings is 1. The number of nitrogens with zero attached hydrogens (tertiary/aromatic N) is 3. The van der Waals surface area contributed by atoms with Gasteiger partial charge >= 0.3 is 0 Å². The summed E-state index contributed by atoms with van der Waals surface area (Å²) in [5.74, 6) is -1.20. The molecule has 10 heteroatoms. The Balaban J connectivity index is 0.00000210. The summed E-state index contributed by atoms with van der Waals surface area (Å²) in [4.78, 5) is 14.7. The normalized spacial score (nSPS) is 17.7. The summed E-state index contributed by atoms with van der Waals surface area (Å²) >= 11 is 0. The van der Waals surface area contributed by atoms with Gasteiger partial charge in [-0.05, 0) is 38.6 Å². The molecule has 2 heterocycles. The van der Waals surface area contributed by atoms with Crippen LogP contribution >= 0.6 is 24.8 Å². The van der Waals surface area contributed by atoms with Gasteiger partial charge in [-0.3, -0.25) is 14.4 Å². The SMILES string of the molecule is CNC(C(=O)NC1CCCN(Cc2c(F)cccc2F)C1)c1cnn(C)c1.Cl.Cl. The summed E-state index contributed by atoms with van der Waals surface area (Å²) in [6.45, 7) is 1.50. The molecule has 2 N–H and O–H groups in total. The first-order chi connectivity index (χ1) is 13.0. The number of carbonyl (C=O) groups is 1. The van der Waals surface area contributed by atoms with Crippen LogP contribution in [0.2, 0.25) is 0 Å². The van der Waals surface area contributed by atoms with Gasteiger partial charge in [-0.2, -0.15) is 5.10 Å². The molecule has 0 bridgehead atoms. The fourth-order valence-electron chi connectivity index (χ4n) is 3.55. The van der Waals surface area contributed by atoms with Gasteiger partial charge in [-0.1, -0.05) is 6.07 Å². The molecule has 1 aliphatic rings. The van der Waals surface area contributed by atoms with E-state index in [0.717, 1.165) is 24.9 Å². The highest BCUT2D eigenvalue weighted by molar-refractivity contribution is 5.85. The molecule has 1 saturated heterocycles.